The van der Waals surface area contributed by atoms with E-state index in [1.807, 2.05) is 36.4 Å². The third-order valence-electron chi connectivity index (χ3n) is 3.37. The molecule has 0 spiro atoms. The number of nitrogens with zero attached hydrogens (tertiary/aromatic N) is 3. The third kappa shape index (κ3) is 7.04. The van der Waals surface area contributed by atoms with E-state index in [2.05, 4.69) is 63.2 Å². The van der Waals surface area contributed by atoms with Crippen molar-refractivity contribution >= 4 is 72.2 Å². The molecule has 0 radical (unpaired) electrons. The molecule has 2 aromatic carbocycles. The lowest BCUT2D eigenvalue weighted by Crippen LogP contribution is -2.19. The average molecular weight is 538 g/mol. The first kappa shape index (κ1) is 21.1. The van der Waals surface area contributed by atoms with E-state index in [4.69, 9.17) is 0 Å². The van der Waals surface area contributed by atoms with Gasteiger partial charge in [0.15, 0.2) is 0 Å². The Morgan fingerprint density at radius 2 is 1.62 bits per heavy atom. The topological polar surface area (TPSA) is 108 Å². The smallest absolute Gasteiger partial charge is 0.308 e. The first-order valence-corrected chi connectivity index (χ1v) is 10.6. The van der Waals surface area contributed by atoms with E-state index in [1.54, 1.807) is 18.3 Å². The van der Waals surface area contributed by atoms with Gasteiger partial charge in [0, 0.05) is 14.6 Å². The van der Waals surface area contributed by atoms with Crippen molar-refractivity contribution in [2.24, 2.45) is 5.10 Å². The highest BCUT2D eigenvalue weighted by Crippen LogP contribution is 2.17. The van der Waals surface area contributed by atoms with Gasteiger partial charge in [-0.1, -0.05) is 55.3 Å². The molecule has 0 unspecified atom stereocenters. The second kappa shape index (κ2) is 10.2. The Morgan fingerprint density at radius 1 is 0.966 bits per heavy atom. The molecule has 11 heteroatoms. The average Bonchev–Trinajstić information content (AvgIpc) is 3.11. The number of amides is 3. The van der Waals surface area contributed by atoms with Crippen LogP contribution in [0.3, 0.4) is 0 Å². The number of carbonyl (C=O) groups excluding carboxylic acids is 2. The van der Waals surface area contributed by atoms with Crippen molar-refractivity contribution in [3.05, 3.63) is 68.0 Å². The predicted molar refractivity (Wildman–Crippen MR) is 120 cm³/mol. The molecule has 0 fully saturated rings. The summed E-state index contributed by atoms with van der Waals surface area (Å²) in [5.74, 6) is -0.333. The van der Waals surface area contributed by atoms with Crippen molar-refractivity contribution in [3.8, 4) is 0 Å². The van der Waals surface area contributed by atoms with E-state index >= 15 is 0 Å². The number of hydrazone groups is 1. The normalized spacial score (nSPS) is 10.7. The highest BCUT2D eigenvalue weighted by molar-refractivity contribution is 9.10. The molecule has 8 nitrogen and oxygen atoms in total. The minimum atomic E-state index is -0.446. The monoisotopic (exact) mass is 536 g/mol. The molecule has 0 aliphatic carbocycles. The highest BCUT2D eigenvalue weighted by Gasteiger charge is 2.11. The second-order valence-electron chi connectivity index (χ2n) is 5.61. The molecule has 0 aliphatic heterocycles. The van der Waals surface area contributed by atoms with E-state index in [-0.39, 0.29) is 12.3 Å². The molecule has 0 saturated heterocycles. The summed E-state index contributed by atoms with van der Waals surface area (Å²) in [6.07, 6.45) is 1.55. The summed E-state index contributed by atoms with van der Waals surface area (Å²) in [5.41, 5.74) is 3.93. The number of halogens is 2. The number of rotatable bonds is 6. The van der Waals surface area contributed by atoms with Crippen molar-refractivity contribution in [2.45, 2.75) is 6.42 Å². The lowest BCUT2D eigenvalue weighted by molar-refractivity contribution is -0.120. The summed E-state index contributed by atoms with van der Waals surface area (Å²) in [6, 6.07) is 14.2. The van der Waals surface area contributed by atoms with Gasteiger partial charge in [-0.3, -0.25) is 10.1 Å². The molecule has 3 aromatic rings. The van der Waals surface area contributed by atoms with Gasteiger partial charge in [-0.2, -0.15) is 5.10 Å². The lowest BCUT2D eigenvalue weighted by Gasteiger charge is -2.04. The van der Waals surface area contributed by atoms with Crippen LogP contribution >= 0.6 is 43.2 Å². The van der Waals surface area contributed by atoms with Crippen molar-refractivity contribution in [3.63, 3.8) is 0 Å². The molecule has 148 valence electrons. The number of carbonyl (C=O) groups is 2. The Morgan fingerprint density at radius 3 is 2.31 bits per heavy atom. The maximum atomic E-state index is 12.0. The fourth-order valence-electron chi connectivity index (χ4n) is 2.07. The number of hydrogen-bond donors (Lipinski definition) is 3. The number of benzene rings is 2. The van der Waals surface area contributed by atoms with Gasteiger partial charge in [-0.25, -0.2) is 10.2 Å². The molecule has 0 saturated carbocycles. The van der Waals surface area contributed by atoms with Crippen LogP contribution in [-0.4, -0.2) is 28.4 Å². The number of urea groups is 1. The standard InChI is InChI=1S/C18H14Br2N6O2S/c19-12-3-1-11(2-4-12)10-21-24-15(27)9-16-25-26-18(29-16)23-17(28)22-14-7-5-13(20)6-8-14/h1-8,10H,9H2,(H,24,27)(H2,22,23,26,28)/b21-10-. The molecule has 29 heavy (non-hydrogen) atoms. The van der Waals surface area contributed by atoms with Gasteiger partial charge in [-0.05, 0) is 42.0 Å². The minimum absolute atomic E-state index is 0.00531. The van der Waals surface area contributed by atoms with Crippen LogP contribution in [0.15, 0.2) is 62.6 Å². The van der Waals surface area contributed by atoms with Crippen LogP contribution in [0.2, 0.25) is 0 Å². The zero-order valence-corrected chi connectivity index (χ0v) is 18.7. The van der Waals surface area contributed by atoms with Gasteiger partial charge in [0.05, 0.1) is 12.6 Å². The van der Waals surface area contributed by atoms with Gasteiger partial charge in [-0.15, -0.1) is 10.2 Å². The van der Waals surface area contributed by atoms with Crippen molar-refractivity contribution in [2.75, 3.05) is 10.6 Å². The molecular weight excluding hydrogens is 524 g/mol. The summed E-state index contributed by atoms with van der Waals surface area (Å²) in [4.78, 5) is 24.0. The van der Waals surface area contributed by atoms with Crippen LogP contribution < -0.4 is 16.1 Å². The number of hydrogen-bond acceptors (Lipinski definition) is 6. The molecule has 0 bridgehead atoms. The molecule has 3 amide bonds. The Balaban J connectivity index is 1.46. The molecule has 0 aliphatic rings. The highest BCUT2D eigenvalue weighted by atomic mass is 79.9. The van der Waals surface area contributed by atoms with E-state index < -0.39 is 6.03 Å². The maximum Gasteiger partial charge on any atom is 0.325 e. The quantitative estimate of drug-likeness (QED) is 0.320. The Labute approximate surface area is 187 Å². The van der Waals surface area contributed by atoms with E-state index in [0.29, 0.717) is 15.8 Å². The number of aromatic nitrogens is 2. The molecule has 1 aromatic heterocycles. The van der Waals surface area contributed by atoms with Crippen LogP contribution in [0, 0.1) is 0 Å². The molecule has 0 atom stereocenters. The minimum Gasteiger partial charge on any atom is -0.308 e. The van der Waals surface area contributed by atoms with Crippen LogP contribution in [0.5, 0.6) is 0 Å². The summed E-state index contributed by atoms with van der Waals surface area (Å²) in [6.45, 7) is 0. The summed E-state index contributed by atoms with van der Waals surface area (Å²) < 4.78 is 1.88. The first-order valence-electron chi connectivity index (χ1n) is 8.21. The molecule has 3 N–H and O–H groups in total. The predicted octanol–water partition coefficient (Wildman–Crippen LogP) is 4.40. The van der Waals surface area contributed by atoms with Gasteiger partial charge < -0.3 is 5.32 Å². The largest absolute Gasteiger partial charge is 0.325 e. The fourth-order valence-corrected chi connectivity index (χ4v) is 3.33. The van der Waals surface area contributed by atoms with E-state index in [0.717, 1.165) is 25.8 Å². The number of nitrogens with one attached hydrogen (secondary N) is 3. The van der Waals surface area contributed by atoms with Crippen molar-refractivity contribution < 1.29 is 9.59 Å². The summed E-state index contributed by atoms with van der Waals surface area (Å²) >= 11 is 7.80. The Hall–Kier alpha value is -2.63. The Kier molecular flexibility index (Phi) is 7.44. The van der Waals surface area contributed by atoms with Gasteiger partial charge in [0.25, 0.3) is 0 Å². The number of anilines is 2. The molecular formula is C18H14Br2N6O2S. The van der Waals surface area contributed by atoms with E-state index in [1.165, 1.54) is 0 Å². The molecule has 3 rings (SSSR count). The van der Waals surface area contributed by atoms with Crippen LogP contribution in [0.4, 0.5) is 15.6 Å². The zero-order chi connectivity index (χ0) is 20.6. The maximum absolute atomic E-state index is 12.0. The van der Waals surface area contributed by atoms with Crippen molar-refractivity contribution in [1.82, 2.24) is 15.6 Å². The second-order valence-corrected chi connectivity index (χ2v) is 8.50. The van der Waals surface area contributed by atoms with Crippen LogP contribution in [-0.2, 0) is 11.2 Å². The fraction of sp³-hybridized carbons (Fsp3) is 0.0556. The van der Waals surface area contributed by atoms with Gasteiger partial charge in [0.1, 0.15) is 5.01 Å². The van der Waals surface area contributed by atoms with Gasteiger partial charge >= 0.3 is 6.03 Å². The van der Waals surface area contributed by atoms with E-state index in [9.17, 15) is 9.59 Å². The molecule has 1 heterocycles. The summed E-state index contributed by atoms with van der Waals surface area (Å²) in [5, 5.41) is 17.7. The summed E-state index contributed by atoms with van der Waals surface area (Å²) in [7, 11) is 0. The van der Waals surface area contributed by atoms with Crippen LogP contribution in [0.25, 0.3) is 0 Å². The van der Waals surface area contributed by atoms with Gasteiger partial charge in [0.2, 0.25) is 11.0 Å². The van der Waals surface area contributed by atoms with Crippen molar-refractivity contribution in [1.29, 1.82) is 0 Å². The van der Waals surface area contributed by atoms with Crippen LogP contribution in [0.1, 0.15) is 10.6 Å². The lowest BCUT2D eigenvalue weighted by atomic mass is 10.2. The third-order valence-corrected chi connectivity index (χ3v) is 5.27. The zero-order valence-electron chi connectivity index (χ0n) is 14.7. The SMILES string of the molecule is O=C(Cc1nnc(NC(=O)Nc2ccc(Br)cc2)s1)N/N=C\c1ccc(Br)cc1. The Bertz CT molecular complexity index is 1020. The first-order chi connectivity index (χ1) is 14.0.